The lowest BCUT2D eigenvalue weighted by Gasteiger charge is -2.16. The smallest absolute Gasteiger partial charge is 0.222 e. The maximum Gasteiger partial charge on any atom is 0.222 e. The Bertz CT molecular complexity index is 294. The molecular formula is C14H28N4O. The maximum absolute atomic E-state index is 11.4. The molecule has 0 aromatic heterocycles. The average Bonchev–Trinajstić information content (AvgIpc) is 2.56. The van der Waals surface area contributed by atoms with Gasteiger partial charge in [-0.05, 0) is 26.7 Å². The van der Waals surface area contributed by atoms with Gasteiger partial charge < -0.3 is 16.4 Å². The molecule has 1 rings (SSSR count). The Morgan fingerprint density at radius 3 is 2.47 bits per heavy atom. The fourth-order valence-corrected chi connectivity index (χ4v) is 2.35. The Morgan fingerprint density at radius 2 is 1.89 bits per heavy atom. The van der Waals surface area contributed by atoms with Gasteiger partial charge in [0.05, 0.1) is 6.54 Å². The van der Waals surface area contributed by atoms with Gasteiger partial charge >= 0.3 is 0 Å². The van der Waals surface area contributed by atoms with Crippen LogP contribution in [0.15, 0.2) is 4.99 Å². The van der Waals surface area contributed by atoms with Gasteiger partial charge in [-0.25, -0.2) is 0 Å². The van der Waals surface area contributed by atoms with Gasteiger partial charge in [-0.1, -0.05) is 25.7 Å². The van der Waals surface area contributed by atoms with Crippen LogP contribution >= 0.6 is 0 Å². The van der Waals surface area contributed by atoms with Crippen molar-refractivity contribution in [3.05, 3.63) is 0 Å². The van der Waals surface area contributed by atoms with Crippen LogP contribution in [0.3, 0.4) is 0 Å². The molecule has 1 aliphatic carbocycles. The molecule has 1 aliphatic rings. The second-order valence-corrected chi connectivity index (χ2v) is 5.57. The van der Waals surface area contributed by atoms with Crippen LogP contribution in [0, 0.1) is 0 Å². The van der Waals surface area contributed by atoms with Crippen LogP contribution in [-0.4, -0.2) is 30.5 Å². The Kier molecular flexibility index (Phi) is 7.30. The molecule has 19 heavy (non-hydrogen) atoms. The lowest BCUT2D eigenvalue weighted by Crippen LogP contribution is -2.40. The number of hydrogen-bond donors (Lipinski definition) is 3. The quantitative estimate of drug-likeness (QED) is 0.402. The second kappa shape index (κ2) is 8.77. The SMILES string of the molecule is CC(C)NC(=O)CCN=C(N)NC1CCCCCC1. The summed E-state index contributed by atoms with van der Waals surface area (Å²) in [4.78, 5) is 15.6. The van der Waals surface area contributed by atoms with Crippen LogP contribution in [0.5, 0.6) is 0 Å². The molecule has 0 bridgehead atoms. The molecular weight excluding hydrogens is 240 g/mol. The third-order valence-electron chi connectivity index (χ3n) is 3.28. The molecule has 0 aromatic rings. The normalized spacial score (nSPS) is 18.2. The molecule has 5 heteroatoms. The first kappa shape index (κ1) is 15.8. The third-order valence-corrected chi connectivity index (χ3v) is 3.28. The van der Waals surface area contributed by atoms with Crippen LogP contribution in [0.25, 0.3) is 0 Å². The van der Waals surface area contributed by atoms with E-state index >= 15 is 0 Å². The van der Waals surface area contributed by atoms with Crippen molar-refractivity contribution in [1.29, 1.82) is 0 Å². The highest BCUT2D eigenvalue weighted by atomic mass is 16.1. The fourth-order valence-electron chi connectivity index (χ4n) is 2.35. The summed E-state index contributed by atoms with van der Waals surface area (Å²) in [5.74, 6) is 0.505. The number of hydrogen-bond acceptors (Lipinski definition) is 2. The van der Waals surface area contributed by atoms with E-state index in [2.05, 4.69) is 15.6 Å². The van der Waals surface area contributed by atoms with Gasteiger partial charge in [0, 0.05) is 18.5 Å². The molecule has 1 saturated carbocycles. The standard InChI is InChI=1S/C14H28N4O/c1-11(2)17-13(19)9-10-16-14(15)18-12-7-5-3-4-6-8-12/h11-12H,3-10H2,1-2H3,(H,17,19)(H3,15,16,18). The monoisotopic (exact) mass is 268 g/mol. The van der Waals surface area contributed by atoms with E-state index in [9.17, 15) is 4.79 Å². The zero-order valence-electron chi connectivity index (χ0n) is 12.2. The van der Waals surface area contributed by atoms with Gasteiger partial charge in [-0.2, -0.15) is 0 Å². The fraction of sp³-hybridized carbons (Fsp3) is 0.857. The van der Waals surface area contributed by atoms with Gasteiger partial charge in [0.1, 0.15) is 0 Å². The van der Waals surface area contributed by atoms with Crippen molar-refractivity contribution in [1.82, 2.24) is 10.6 Å². The molecule has 0 atom stereocenters. The minimum Gasteiger partial charge on any atom is -0.370 e. The lowest BCUT2D eigenvalue weighted by atomic mass is 10.1. The summed E-state index contributed by atoms with van der Waals surface area (Å²) in [5.41, 5.74) is 5.85. The molecule has 4 N–H and O–H groups in total. The highest BCUT2D eigenvalue weighted by Gasteiger charge is 2.12. The van der Waals surface area contributed by atoms with Crippen molar-refractivity contribution in [3.63, 3.8) is 0 Å². The first-order valence-electron chi connectivity index (χ1n) is 7.43. The van der Waals surface area contributed by atoms with Crippen molar-refractivity contribution >= 4 is 11.9 Å². The van der Waals surface area contributed by atoms with Gasteiger partial charge in [0.15, 0.2) is 5.96 Å². The summed E-state index contributed by atoms with van der Waals surface area (Å²) in [6.45, 7) is 4.34. The number of amides is 1. The van der Waals surface area contributed by atoms with Crippen LogP contribution in [0.2, 0.25) is 0 Å². The van der Waals surface area contributed by atoms with E-state index in [0.717, 1.165) is 0 Å². The summed E-state index contributed by atoms with van der Waals surface area (Å²) >= 11 is 0. The minimum atomic E-state index is 0.0287. The Balaban J connectivity index is 2.22. The lowest BCUT2D eigenvalue weighted by molar-refractivity contribution is -0.121. The van der Waals surface area contributed by atoms with Crippen molar-refractivity contribution in [2.45, 2.75) is 70.9 Å². The molecule has 0 spiro atoms. The van der Waals surface area contributed by atoms with E-state index in [1.54, 1.807) is 0 Å². The van der Waals surface area contributed by atoms with E-state index in [1.165, 1.54) is 38.5 Å². The molecule has 0 aromatic carbocycles. The molecule has 1 amide bonds. The largest absolute Gasteiger partial charge is 0.370 e. The summed E-state index contributed by atoms with van der Waals surface area (Å²) < 4.78 is 0. The number of nitrogens with two attached hydrogens (primary N) is 1. The number of nitrogens with one attached hydrogen (secondary N) is 2. The molecule has 0 unspecified atom stereocenters. The van der Waals surface area contributed by atoms with E-state index in [1.807, 2.05) is 13.8 Å². The second-order valence-electron chi connectivity index (χ2n) is 5.57. The van der Waals surface area contributed by atoms with E-state index in [4.69, 9.17) is 5.73 Å². The molecule has 0 radical (unpaired) electrons. The number of nitrogens with zero attached hydrogens (tertiary/aromatic N) is 1. The Hall–Kier alpha value is -1.26. The number of rotatable bonds is 5. The van der Waals surface area contributed by atoms with E-state index < -0.39 is 0 Å². The van der Waals surface area contributed by atoms with Crippen LogP contribution in [0.1, 0.15) is 58.8 Å². The highest BCUT2D eigenvalue weighted by molar-refractivity contribution is 5.79. The average molecular weight is 268 g/mol. The molecule has 0 aliphatic heterocycles. The van der Waals surface area contributed by atoms with Crippen LogP contribution in [-0.2, 0) is 4.79 Å². The maximum atomic E-state index is 11.4. The van der Waals surface area contributed by atoms with Gasteiger partial charge in [0.2, 0.25) is 5.91 Å². The Labute approximate surface area is 116 Å². The first-order chi connectivity index (χ1) is 9.08. The summed E-state index contributed by atoms with van der Waals surface area (Å²) in [5, 5.41) is 6.11. The molecule has 5 nitrogen and oxygen atoms in total. The van der Waals surface area contributed by atoms with Crippen molar-refractivity contribution in [3.8, 4) is 0 Å². The third kappa shape index (κ3) is 7.70. The summed E-state index contributed by atoms with van der Waals surface area (Å²) in [6, 6.07) is 0.633. The van der Waals surface area contributed by atoms with Crippen LogP contribution < -0.4 is 16.4 Å². The zero-order valence-corrected chi connectivity index (χ0v) is 12.2. The number of aliphatic imine (C=N–C) groups is 1. The molecule has 110 valence electrons. The summed E-state index contributed by atoms with van der Waals surface area (Å²) in [7, 11) is 0. The van der Waals surface area contributed by atoms with Crippen molar-refractivity contribution in [2.24, 2.45) is 10.7 Å². The molecule has 0 heterocycles. The number of carbonyl (C=O) groups is 1. The van der Waals surface area contributed by atoms with Gasteiger partial charge in [0.25, 0.3) is 0 Å². The summed E-state index contributed by atoms with van der Waals surface area (Å²) in [6.07, 6.45) is 7.91. The van der Waals surface area contributed by atoms with Crippen molar-refractivity contribution in [2.75, 3.05) is 6.54 Å². The van der Waals surface area contributed by atoms with Crippen molar-refractivity contribution < 1.29 is 4.79 Å². The van der Waals surface area contributed by atoms with Gasteiger partial charge in [-0.15, -0.1) is 0 Å². The highest BCUT2D eigenvalue weighted by Crippen LogP contribution is 2.16. The molecule has 0 saturated heterocycles. The van der Waals surface area contributed by atoms with E-state index in [0.29, 0.717) is 25.0 Å². The predicted octanol–water partition coefficient (Wildman–Crippen LogP) is 1.53. The van der Waals surface area contributed by atoms with Crippen LogP contribution in [0.4, 0.5) is 0 Å². The Morgan fingerprint density at radius 1 is 1.26 bits per heavy atom. The topological polar surface area (TPSA) is 79.5 Å². The molecule has 1 fully saturated rings. The minimum absolute atomic E-state index is 0.0287. The number of guanidine groups is 1. The van der Waals surface area contributed by atoms with Gasteiger partial charge in [-0.3, -0.25) is 9.79 Å². The van der Waals surface area contributed by atoms with E-state index in [-0.39, 0.29) is 11.9 Å². The predicted molar refractivity (Wildman–Crippen MR) is 79.0 cm³/mol. The number of carbonyl (C=O) groups excluding carboxylic acids is 1. The zero-order chi connectivity index (χ0) is 14.1. The first-order valence-corrected chi connectivity index (χ1v) is 7.43.